The van der Waals surface area contributed by atoms with Gasteiger partial charge in [0.2, 0.25) is 5.91 Å². The summed E-state index contributed by atoms with van der Waals surface area (Å²) in [5.41, 5.74) is 0.841. The lowest BCUT2D eigenvalue weighted by atomic mass is 9.74. The van der Waals surface area contributed by atoms with Crippen LogP contribution >= 0.6 is 0 Å². The summed E-state index contributed by atoms with van der Waals surface area (Å²) in [6.07, 6.45) is 2.62. The molecule has 3 rings (SSSR count). The van der Waals surface area contributed by atoms with E-state index in [1.54, 1.807) is 18.3 Å². The molecule has 2 aromatic carbocycles. The number of nitriles is 1. The third kappa shape index (κ3) is 3.91. The number of nitrogens with zero attached hydrogens (tertiary/aromatic N) is 2. The Hall–Kier alpha value is -3.52. The molecule has 0 bridgehead atoms. The van der Waals surface area contributed by atoms with Crippen LogP contribution in [0, 0.1) is 11.3 Å². The second-order valence-corrected chi connectivity index (χ2v) is 6.72. The minimum Gasteiger partial charge on any atom is -0.324 e. The Balaban J connectivity index is 1.68. The van der Waals surface area contributed by atoms with E-state index < -0.39 is 5.41 Å². The van der Waals surface area contributed by atoms with Crippen LogP contribution in [0.3, 0.4) is 0 Å². The van der Waals surface area contributed by atoms with Gasteiger partial charge in [-0.2, -0.15) is 5.26 Å². The molecule has 28 heavy (non-hydrogen) atoms. The third-order valence-electron chi connectivity index (χ3n) is 4.92. The van der Waals surface area contributed by atoms with Crippen molar-refractivity contribution >= 4 is 28.3 Å². The Labute approximate surface area is 164 Å². The first-order chi connectivity index (χ1) is 13.6. The summed E-state index contributed by atoms with van der Waals surface area (Å²) >= 11 is 0. The fourth-order valence-electron chi connectivity index (χ4n) is 3.38. The highest BCUT2D eigenvalue weighted by Gasteiger charge is 2.37. The quantitative estimate of drug-likeness (QED) is 0.667. The van der Waals surface area contributed by atoms with Gasteiger partial charge in [-0.05, 0) is 37.5 Å². The van der Waals surface area contributed by atoms with Crippen LogP contribution in [0.5, 0.6) is 0 Å². The fraction of sp³-hybridized carbons (Fsp3) is 0.217. The number of hydrogen-bond acceptors (Lipinski definition) is 4. The highest BCUT2D eigenvalue weighted by Crippen LogP contribution is 2.31. The van der Waals surface area contributed by atoms with Gasteiger partial charge in [0.1, 0.15) is 5.41 Å². The second-order valence-electron chi connectivity index (χ2n) is 6.72. The van der Waals surface area contributed by atoms with Crippen molar-refractivity contribution in [2.45, 2.75) is 31.6 Å². The first kappa shape index (κ1) is 19.2. The fourth-order valence-corrected chi connectivity index (χ4v) is 3.38. The second kappa shape index (κ2) is 8.45. The lowest BCUT2D eigenvalue weighted by Gasteiger charge is -2.24. The molecule has 1 unspecified atom stereocenters. The van der Waals surface area contributed by atoms with Gasteiger partial charge in [-0.15, -0.1) is 0 Å². The number of ketones is 1. The number of pyridine rings is 1. The number of benzene rings is 2. The van der Waals surface area contributed by atoms with Gasteiger partial charge in [0.25, 0.3) is 0 Å². The van der Waals surface area contributed by atoms with E-state index in [1.807, 2.05) is 48.5 Å². The molecular weight excluding hydrogens is 350 g/mol. The number of para-hydroxylation sites is 1. The molecule has 0 fully saturated rings. The van der Waals surface area contributed by atoms with Gasteiger partial charge < -0.3 is 5.32 Å². The zero-order chi connectivity index (χ0) is 20.0. The highest BCUT2D eigenvalue weighted by molar-refractivity contribution is 6.00. The summed E-state index contributed by atoms with van der Waals surface area (Å²) in [6, 6.07) is 20.6. The molecule has 5 nitrogen and oxygen atoms in total. The molecule has 5 heteroatoms. The van der Waals surface area contributed by atoms with E-state index in [4.69, 9.17) is 0 Å². The lowest BCUT2D eigenvalue weighted by Crippen LogP contribution is -2.32. The summed E-state index contributed by atoms with van der Waals surface area (Å²) in [4.78, 5) is 29.0. The summed E-state index contributed by atoms with van der Waals surface area (Å²) in [5, 5.41) is 13.6. The van der Waals surface area contributed by atoms with Gasteiger partial charge in [0.15, 0.2) is 5.78 Å². The van der Waals surface area contributed by atoms with Gasteiger partial charge in [-0.1, -0.05) is 48.5 Å². The maximum atomic E-state index is 12.4. The predicted octanol–water partition coefficient (Wildman–Crippen LogP) is 4.39. The number of anilines is 1. The van der Waals surface area contributed by atoms with Crippen LogP contribution in [0.1, 0.15) is 31.7 Å². The molecule has 0 saturated heterocycles. The zero-order valence-corrected chi connectivity index (χ0v) is 15.7. The minimum absolute atomic E-state index is 0.165. The van der Waals surface area contributed by atoms with Crippen LogP contribution in [0.15, 0.2) is 66.9 Å². The van der Waals surface area contributed by atoms with Gasteiger partial charge in [0, 0.05) is 18.0 Å². The molecule has 1 heterocycles. The molecule has 0 aliphatic heterocycles. The van der Waals surface area contributed by atoms with Crippen LogP contribution in [0.4, 0.5) is 5.69 Å². The maximum absolute atomic E-state index is 12.4. The van der Waals surface area contributed by atoms with Gasteiger partial charge in [-0.3, -0.25) is 14.6 Å². The molecular formula is C23H21N3O2. The van der Waals surface area contributed by atoms with E-state index in [-0.39, 0.29) is 18.1 Å². The standard InChI is InChI=1S/C23H21N3O2/c1-17(27)23(16-24,19-10-3-2-4-11-19)14-6-13-21(28)26-20-12-5-8-18-9-7-15-25-22(18)20/h2-5,7-12,15H,6,13-14H2,1H3,(H,26,28). The molecule has 1 amide bonds. The Morgan fingerprint density at radius 2 is 1.82 bits per heavy atom. The summed E-state index contributed by atoms with van der Waals surface area (Å²) < 4.78 is 0. The highest BCUT2D eigenvalue weighted by atomic mass is 16.1. The van der Waals surface area contributed by atoms with Crippen molar-refractivity contribution in [3.05, 3.63) is 72.4 Å². The first-order valence-corrected chi connectivity index (χ1v) is 9.18. The topological polar surface area (TPSA) is 82.8 Å². The lowest BCUT2D eigenvalue weighted by molar-refractivity contribution is -0.121. The van der Waals surface area contributed by atoms with Crippen molar-refractivity contribution in [2.75, 3.05) is 5.32 Å². The van der Waals surface area contributed by atoms with E-state index in [0.717, 1.165) is 10.9 Å². The van der Waals surface area contributed by atoms with Crippen molar-refractivity contribution in [3.63, 3.8) is 0 Å². The molecule has 0 radical (unpaired) electrons. The Morgan fingerprint density at radius 3 is 2.54 bits per heavy atom. The molecule has 0 aliphatic rings. The van der Waals surface area contributed by atoms with Gasteiger partial charge in [-0.25, -0.2) is 0 Å². The number of fused-ring (bicyclic) bond motifs is 1. The average molecular weight is 371 g/mol. The largest absolute Gasteiger partial charge is 0.324 e. The molecule has 0 spiro atoms. The number of carbonyl (C=O) groups excluding carboxylic acids is 2. The van der Waals surface area contributed by atoms with E-state index in [1.165, 1.54) is 6.92 Å². The number of hydrogen-bond donors (Lipinski definition) is 1. The van der Waals surface area contributed by atoms with Gasteiger partial charge in [0.05, 0.1) is 17.3 Å². The number of carbonyl (C=O) groups is 2. The van der Waals surface area contributed by atoms with Crippen molar-refractivity contribution in [2.24, 2.45) is 0 Å². The van der Waals surface area contributed by atoms with E-state index >= 15 is 0 Å². The van der Waals surface area contributed by atoms with Crippen LogP contribution in [-0.4, -0.2) is 16.7 Å². The average Bonchev–Trinajstić information content (AvgIpc) is 2.72. The molecule has 3 aromatic rings. The molecule has 0 aliphatic carbocycles. The number of rotatable bonds is 7. The Morgan fingerprint density at radius 1 is 1.07 bits per heavy atom. The number of amides is 1. The molecule has 1 atom stereocenters. The van der Waals surface area contributed by atoms with E-state index in [0.29, 0.717) is 24.1 Å². The summed E-state index contributed by atoms with van der Waals surface area (Å²) in [5.74, 6) is -0.374. The summed E-state index contributed by atoms with van der Waals surface area (Å²) in [6.45, 7) is 1.43. The number of nitrogens with one attached hydrogen (secondary N) is 1. The first-order valence-electron chi connectivity index (χ1n) is 9.18. The van der Waals surface area contributed by atoms with Crippen LogP contribution in [0.25, 0.3) is 10.9 Å². The predicted molar refractivity (Wildman–Crippen MR) is 109 cm³/mol. The molecule has 0 saturated carbocycles. The Kier molecular flexibility index (Phi) is 5.81. The Bertz CT molecular complexity index is 1040. The van der Waals surface area contributed by atoms with Crippen molar-refractivity contribution < 1.29 is 9.59 Å². The van der Waals surface area contributed by atoms with Crippen molar-refractivity contribution in [3.8, 4) is 6.07 Å². The zero-order valence-electron chi connectivity index (χ0n) is 15.7. The van der Waals surface area contributed by atoms with Crippen molar-refractivity contribution in [1.82, 2.24) is 4.98 Å². The maximum Gasteiger partial charge on any atom is 0.224 e. The van der Waals surface area contributed by atoms with E-state index in [9.17, 15) is 14.9 Å². The van der Waals surface area contributed by atoms with E-state index in [2.05, 4.69) is 16.4 Å². The SMILES string of the molecule is CC(=O)C(C#N)(CCCC(=O)Nc1cccc2cccnc12)c1ccccc1. The van der Waals surface area contributed by atoms with Crippen LogP contribution in [0.2, 0.25) is 0 Å². The van der Waals surface area contributed by atoms with Crippen LogP contribution < -0.4 is 5.32 Å². The molecule has 1 aromatic heterocycles. The van der Waals surface area contributed by atoms with Crippen molar-refractivity contribution in [1.29, 1.82) is 5.26 Å². The monoisotopic (exact) mass is 371 g/mol. The van der Waals surface area contributed by atoms with Gasteiger partial charge >= 0.3 is 0 Å². The number of Topliss-reactive ketones (excluding diaryl/α,β-unsaturated/α-hetero) is 1. The van der Waals surface area contributed by atoms with Crippen LogP contribution in [-0.2, 0) is 15.0 Å². The normalized spacial score (nSPS) is 12.7. The smallest absolute Gasteiger partial charge is 0.224 e. The molecule has 1 N–H and O–H groups in total. The number of aromatic nitrogens is 1. The molecule has 140 valence electrons. The third-order valence-corrected chi connectivity index (χ3v) is 4.92. The minimum atomic E-state index is -1.22. The summed E-state index contributed by atoms with van der Waals surface area (Å²) in [7, 11) is 0.